The van der Waals surface area contributed by atoms with E-state index in [4.69, 9.17) is 10.8 Å². The lowest BCUT2D eigenvalue weighted by atomic mass is 9.62. The number of nitrogens with one attached hydrogen (secondary N) is 1. The summed E-state index contributed by atoms with van der Waals surface area (Å²) in [7, 11) is 0. The van der Waals surface area contributed by atoms with Gasteiger partial charge in [-0.25, -0.2) is 0 Å². The summed E-state index contributed by atoms with van der Waals surface area (Å²) in [4.78, 5) is 15.8. The summed E-state index contributed by atoms with van der Waals surface area (Å²) in [6.07, 6.45) is 10.9. The quantitative estimate of drug-likeness (QED) is 0.292. The molecule has 4 N–H and O–H groups in total. The zero-order chi connectivity index (χ0) is 25.6. The lowest BCUT2D eigenvalue weighted by Gasteiger charge is -2.43. The van der Waals surface area contributed by atoms with Gasteiger partial charge in [0.2, 0.25) is 5.91 Å². The van der Waals surface area contributed by atoms with Crippen molar-refractivity contribution in [3.8, 4) is 0 Å². The van der Waals surface area contributed by atoms with Crippen LogP contribution in [0.1, 0.15) is 75.8 Å². The van der Waals surface area contributed by atoms with E-state index in [1.54, 1.807) is 0 Å². The van der Waals surface area contributed by atoms with Crippen molar-refractivity contribution in [2.75, 3.05) is 32.8 Å². The Morgan fingerprint density at radius 1 is 0.917 bits per heavy atom. The largest absolute Gasteiger partial charge is 0.395 e. The summed E-state index contributed by atoms with van der Waals surface area (Å²) < 4.78 is 0. The molecule has 0 aromatic heterocycles. The van der Waals surface area contributed by atoms with Crippen LogP contribution in [0.5, 0.6) is 0 Å². The smallest absolute Gasteiger partial charge is 0.232 e. The van der Waals surface area contributed by atoms with Gasteiger partial charge in [0.25, 0.3) is 0 Å². The van der Waals surface area contributed by atoms with Crippen LogP contribution in [-0.4, -0.2) is 54.7 Å². The number of hydrogen-bond donors (Lipinski definition) is 3. The van der Waals surface area contributed by atoms with Crippen molar-refractivity contribution < 1.29 is 9.90 Å². The maximum atomic E-state index is 13.2. The number of carbonyl (C=O) groups excluding carboxylic acids is 1. The Bertz CT molecular complexity index is 826. The standard InChI is InChI=1S/C31H47N3O2/c1-26(25-35)33-21-13-5-3-2-4-6-14-22-34-23-19-29(20-24-34)31(30(32)36,27-15-9-7-10-16-27)28-17-11-8-12-18-28/h7-12,15-18,26,29,33,35H,2-6,13-14,19-25H2,1H3,(H2,32,36). The van der Waals surface area contributed by atoms with Crippen LogP contribution in [0, 0.1) is 5.92 Å². The van der Waals surface area contributed by atoms with Crippen LogP contribution in [0.25, 0.3) is 0 Å². The van der Waals surface area contributed by atoms with Gasteiger partial charge in [-0.3, -0.25) is 4.79 Å². The molecule has 3 rings (SSSR count). The number of hydrogen-bond acceptors (Lipinski definition) is 4. The van der Waals surface area contributed by atoms with Crippen molar-refractivity contribution in [1.82, 2.24) is 10.2 Å². The molecular formula is C31H47N3O2. The Morgan fingerprint density at radius 3 is 1.92 bits per heavy atom. The minimum absolute atomic E-state index is 0.200. The minimum Gasteiger partial charge on any atom is -0.395 e. The fourth-order valence-electron chi connectivity index (χ4n) is 5.87. The molecule has 1 aliphatic rings. The molecule has 5 nitrogen and oxygen atoms in total. The fourth-order valence-corrected chi connectivity index (χ4v) is 5.87. The molecule has 2 aromatic rings. The molecular weight excluding hydrogens is 446 g/mol. The Kier molecular flexibility index (Phi) is 11.9. The molecule has 1 atom stereocenters. The van der Waals surface area contributed by atoms with Crippen LogP contribution in [0.2, 0.25) is 0 Å². The molecule has 0 aliphatic carbocycles. The van der Waals surface area contributed by atoms with Crippen LogP contribution in [0.4, 0.5) is 0 Å². The lowest BCUT2D eigenvalue weighted by Crippen LogP contribution is -2.51. The molecule has 2 aromatic carbocycles. The number of likely N-dealkylation sites (tertiary alicyclic amines) is 1. The van der Waals surface area contributed by atoms with Crippen molar-refractivity contribution >= 4 is 5.91 Å². The Balaban J connectivity index is 1.44. The number of rotatable bonds is 16. The molecule has 0 spiro atoms. The zero-order valence-corrected chi connectivity index (χ0v) is 22.2. The highest BCUT2D eigenvalue weighted by Crippen LogP contribution is 2.44. The molecule has 1 unspecified atom stereocenters. The molecule has 1 amide bonds. The van der Waals surface area contributed by atoms with Crippen LogP contribution in [0.3, 0.4) is 0 Å². The second-order valence-electron chi connectivity index (χ2n) is 10.5. The second kappa shape index (κ2) is 15.1. The first-order valence-electron chi connectivity index (χ1n) is 14.1. The van der Waals surface area contributed by atoms with Gasteiger partial charge in [0, 0.05) is 6.04 Å². The van der Waals surface area contributed by atoms with E-state index in [1.807, 2.05) is 43.3 Å². The minimum atomic E-state index is -0.778. The first kappa shape index (κ1) is 28.4. The van der Waals surface area contributed by atoms with Gasteiger partial charge in [-0.2, -0.15) is 0 Å². The number of nitrogens with two attached hydrogens (primary N) is 1. The van der Waals surface area contributed by atoms with Gasteiger partial charge in [0.1, 0.15) is 5.41 Å². The third-order valence-corrected chi connectivity index (χ3v) is 7.96. The first-order valence-corrected chi connectivity index (χ1v) is 14.1. The van der Waals surface area contributed by atoms with E-state index in [2.05, 4.69) is 34.5 Å². The number of nitrogens with zero attached hydrogens (tertiary/aromatic N) is 1. The average molecular weight is 494 g/mol. The highest BCUT2D eigenvalue weighted by molar-refractivity contribution is 5.91. The number of amides is 1. The number of piperidine rings is 1. The predicted octanol–water partition coefficient (Wildman–Crippen LogP) is 4.87. The van der Waals surface area contributed by atoms with Crippen LogP contribution < -0.4 is 11.1 Å². The van der Waals surface area contributed by atoms with E-state index in [1.165, 1.54) is 44.9 Å². The molecule has 0 saturated carbocycles. The van der Waals surface area contributed by atoms with Gasteiger partial charge in [-0.15, -0.1) is 0 Å². The topological polar surface area (TPSA) is 78.6 Å². The third kappa shape index (κ3) is 7.64. The van der Waals surface area contributed by atoms with Gasteiger partial charge in [0.05, 0.1) is 6.61 Å². The molecule has 0 radical (unpaired) electrons. The second-order valence-corrected chi connectivity index (χ2v) is 10.5. The molecule has 5 heteroatoms. The summed E-state index contributed by atoms with van der Waals surface area (Å²) in [5, 5.41) is 12.4. The van der Waals surface area contributed by atoms with Gasteiger partial charge < -0.3 is 21.1 Å². The predicted molar refractivity (Wildman–Crippen MR) is 149 cm³/mol. The van der Waals surface area contributed by atoms with E-state index >= 15 is 0 Å². The average Bonchev–Trinajstić information content (AvgIpc) is 2.92. The van der Waals surface area contributed by atoms with E-state index in [0.717, 1.165) is 50.1 Å². The van der Waals surface area contributed by atoms with E-state index < -0.39 is 5.41 Å². The fraction of sp³-hybridized carbons (Fsp3) is 0.581. The molecule has 1 heterocycles. The number of primary amides is 1. The molecule has 1 saturated heterocycles. The van der Waals surface area contributed by atoms with Gasteiger partial charge in [-0.05, 0) is 75.8 Å². The van der Waals surface area contributed by atoms with Crippen molar-refractivity contribution in [3.05, 3.63) is 71.8 Å². The van der Waals surface area contributed by atoms with Crippen LogP contribution in [-0.2, 0) is 10.2 Å². The SMILES string of the molecule is CC(CO)NCCCCCCCCCN1CCC(C(C(N)=O)(c2ccccc2)c2ccccc2)CC1. The van der Waals surface area contributed by atoms with E-state index in [-0.39, 0.29) is 24.5 Å². The van der Waals surface area contributed by atoms with Crippen LogP contribution >= 0.6 is 0 Å². The number of aliphatic hydroxyl groups excluding tert-OH is 1. The number of unbranched alkanes of at least 4 members (excludes halogenated alkanes) is 6. The van der Waals surface area contributed by atoms with Crippen LogP contribution in [0.15, 0.2) is 60.7 Å². The third-order valence-electron chi connectivity index (χ3n) is 7.96. The maximum Gasteiger partial charge on any atom is 0.232 e. The molecule has 36 heavy (non-hydrogen) atoms. The summed E-state index contributed by atoms with van der Waals surface area (Å²) in [6, 6.07) is 20.5. The maximum absolute atomic E-state index is 13.2. The van der Waals surface area contributed by atoms with Crippen molar-refractivity contribution in [2.45, 2.75) is 76.2 Å². The van der Waals surface area contributed by atoms with E-state index in [9.17, 15) is 4.79 Å². The Morgan fingerprint density at radius 2 is 1.42 bits per heavy atom. The molecule has 1 aliphatic heterocycles. The van der Waals surface area contributed by atoms with Gasteiger partial charge >= 0.3 is 0 Å². The number of benzene rings is 2. The summed E-state index contributed by atoms with van der Waals surface area (Å²) >= 11 is 0. The Labute approximate surface area is 218 Å². The van der Waals surface area contributed by atoms with Crippen molar-refractivity contribution in [3.63, 3.8) is 0 Å². The monoisotopic (exact) mass is 493 g/mol. The molecule has 1 fully saturated rings. The van der Waals surface area contributed by atoms with Crippen molar-refractivity contribution in [1.29, 1.82) is 0 Å². The lowest BCUT2D eigenvalue weighted by molar-refractivity contribution is -0.124. The summed E-state index contributed by atoms with van der Waals surface area (Å²) in [5.41, 5.74) is 7.47. The summed E-state index contributed by atoms with van der Waals surface area (Å²) in [5.74, 6) is -0.0389. The normalized spacial score (nSPS) is 16.2. The molecule has 0 bridgehead atoms. The highest BCUT2D eigenvalue weighted by Gasteiger charge is 2.47. The summed E-state index contributed by atoms with van der Waals surface area (Å²) in [6.45, 7) is 6.43. The highest BCUT2D eigenvalue weighted by atomic mass is 16.3. The number of aliphatic hydroxyl groups is 1. The first-order chi connectivity index (χ1) is 17.6. The van der Waals surface area contributed by atoms with Crippen molar-refractivity contribution in [2.24, 2.45) is 11.7 Å². The van der Waals surface area contributed by atoms with E-state index in [0.29, 0.717) is 0 Å². The molecule has 198 valence electrons. The number of carbonyl (C=O) groups is 1. The zero-order valence-electron chi connectivity index (χ0n) is 22.2. The van der Waals surface area contributed by atoms with Gasteiger partial charge in [-0.1, -0.05) is 92.8 Å². The van der Waals surface area contributed by atoms with Gasteiger partial charge in [0.15, 0.2) is 0 Å². The Hall–Kier alpha value is -2.21.